The average Bonchev–Trinajstić information content (AvgIpc) is 2.13. The Balaban J connectivity index is 4.24. The van der Waals surface area contributed by atoms with Crippen molar-refractivity contribution in [1.29, 1.82) is 0 Å². The molecule has 0 radical (unpaired) electrons. The van der Waals surface area contributed by atoms with E-state index in [9.17, 15) is 4.79 Å². The Hall–Kier alpha value is -0.883. The van der Waals surface area contributed by atoms with E-state index in [1.54, 1.807) is 13.8 Å². The maximum Gasteiger partial charge on any atom is 0.309 e. The summed E-state index contributed by atoms with van der Waals surface area (Å²) in [7, 11) is -1.92. The van der Waals surface area contributed by atoms with Gasteiger partial charge in [-0.05, 0) is 32.0 Å². The van der Waals surface area contributed by atoms with E-state index >= 15 is 0 Å². The van der Waals surface area contributed by atoms with Crippen LogP contribution in [0.5, 0.6) is 0 Å². The molecule has 0 unspecified atom stereocenters. The van der Waals surface area contributed by atoms with Crippen molar-refractivity contribution in [2.45, 2.75) is 71.4 Å². The van der Waals surface area contributed by atoms with Crippen LogP contribution >= 0.6 is 0 Å². The predicted molar refractivity (Wildman–Crippen MR) is 78.6 cm³/mol. The highest BCUT2D eigenvalue weighted by atomic mass is 28.4. The van der Waals surface area contributed by atoms with E-state index < -0.39 is 26.5 Å². The van der Waals surface area contributed by atoms with Crippen molar-refractivity contribution in [3.8, 4) is 0 Å². The molecule has 2 atom stereocenters. The number of oxime groups is 1. The summed E-state index contributed by atoms with van der Waals surface area (Å²) in [6.45, 7) is 13.8. The van der Waals surface area contributed by atoms with Gasteiger partial charge in [-0.1, -0.05) is 20.8 Å². The summed E-state index contributed by atoms with van der Waals surface area (Å²) < 4.78 is 10.6. The van der Waals surface area contributed by atoms with E-state index in [0.29, 0.717) is 0 Å². The van der Waals surface area contributed by atoms with Crippen molar-refractivity contribution in [2.75, 3.05) is 0 Å². The first kappa shape index (κ1) is 18.1. The molecule has 0 spiro atoms. The molecule has 112 valence electrons. The van der Waals surface area contributed by atoms with Crippen LogP contribution in [-0.2, 0) is 14.1 Å². The Labute approximate surface area is 117 Å². The highest BCUT2D eigenvalue weighted by Gasteiger charge is 2.39. The van der Waals surface area contributed by atoms with Crippen LogP contribution in [0.2, 0.25) is 18.1 Å². The molecule has 0 saturated heterocycles. The van der Waals surface area contributed by atoms with Gasteiger partial charge in [-0.15, -0.1) is 5.16 Å². The molecule has 19 heavy (non-hydrogen) atoms. The van der Waals surface area contributed by atoms with E-state index in [-0.39, 0.29) is 11.5 Å². The summed E-state index contributed by atoms with van der Waals surface area (Å²) >= 11 is 0. The highest BCUT2D eigenvalue weighted by molar-refractivity contribution is 6.74. The van der Waals surface area contributed by atoms with Crippen LogP contribution in [0.1, 0.15) is 41.0 Å². The topological polar surface area (TPSA) is 68.1 Å². The lowest BCUT2D eigenvalue weighted by Gasteiger charge is -2.33. The number of carbonyl (C=O) groups excluding carboxylic acids is 1. The van der Waals surface area contributed by atoms with Crippen LogP contribution in [0.25, 0.3) is 0 Å². The smallest absolute Gasteiger partial charge is 0.309 e. The third kappa shape index (κ3) is 7.32. The molecule has 0 aliphatic rings. The zero-order valence-electron chi connectivity index (χ0n) is 13.1. The molecule has 0 heterocycles. The van der Waals surface area contributed by atoms with Gasteiger partial charge in [0.1, 0.15) is 6.10 Å². The zero-order valence-corrected chi connectivity index (χ0v) is 14.1. The number of aliphatic hydroxyl groups excluding tert-OH is 1. The lowest BCUT2D eigenvalue weighted by molar-refractivity contribution is -0.147. The molecule has 0 aliphatic heterocycles. The molecule has 0 aromatic heterocycles. The molecular weight excluding hydrogens is 262 g/mol. The van der Waals surface area contributed by atoms with Gasteiger partial charge >= 0.3 is 5.97 Å². The number of ether oxygens (including phenoxy) is 1. The molecule has 6 heteroatoms. The van der Waals surface area contributed by atoms with E-state index in [1.165, 1.54) is 6.21 Å². The molecule has 0 rings (SSSR count). The second-order valence-corrected chi connectivity index (χ2v) is 11.1. The van der Waals surface area contributed by atoms with Crippen molar-refractivity contribution < 1.29 is 19.2 Å². The van der Waals surface area contributed by atoms with Crippen molar-refractivity contribution >= 4 is 20.5 Å². The van der Waals surface area contributed by atoms with E-state index in [1.807, 2.05) is 0 Å². The van der Waals surface area contributed by atoms with Gasteiger partial charge in [-0.2, -0.15) is 0 Å². The summed E-state index contributed by atoms with van der Waals surface area (Å²) in [6, 6.07) is 0. The number of carbonyl (C=O) groups is 1. The molecule has 0 aliphatic carbocycles. The van der Waals surface area contributed by atoms with E-state index in [2.05, 4.69) is 39.0 Å². The number of nitrogens with zero attached hydrogens (tertiary/aromatic N) is 1. The van der Waals surface area contributed by atoms with Gasteiger partial charge < -0.3 is 14.4 Å². The van der Waals surface area contributed by atoms with Gasteiger partial charge in [0.15, 0.2) is 0 Å². The summed E-state index contributed by atoms with van der Waals surface area (Å²) in [5.41, 5.74) is 0. The molecule has 0 saturated carbocycles. The fraction of sp³-hybridized carbons (Fsp3) is 0.846. The SMILES string of the molecule is C[C@H](O)CC(=O)O[C@@H](C)/C=N/O[Si](C)(C)C(C)(C)C. The summed E-state index contributed by atoms with van der Waals surface area (Å²) in [5.74, 6) is -0.443. The van der Waals surface area contributed by atoms with Crippen LogP contribution in [-0.4, -0.2) is 37.8 Å². The Kier molecular flexibility index (Phi) is 6.72. The van der Waals surface area contributed by atoms with Crippen LogP contribution in [0.3, 0.4) is 0 Å². The monoisotopic (exact) mass is 289 g/mol. The first-order valence-corrected chi connectivity index (χ1v) is 9.46. The predicted octanol–water partition coefficient (Wildman–Crippen LogP) is 2.70. The number of hydrogen-bond acceptors (Lipinski definition) is 5. The highest BCUT2D eigenvalue weighted by Crippen LogP contribution is 2.36. The van der Waals surface area contributed by atoms with Crippen molar-refractivity contribution in [1.82, 2.24) is 0 Å². The third-order valence-corrected chi connectivity index (χ3v) is 7.31. The quantitative estimate of drug-likeness (QED) is 0.353. The lowest BCUT2D eigenvalue weighted by Crippen LogP contribution is -2.39. The van der Waals surface area contributed by atoms with Crippen LogP contribution in [0, 0.1) is 0 Å². The lowest BCUT2D eigenvalue weighted by atomic mass is 10.2. The fourth-order valence-corrected chi connectivity index (χ4v) is 1.51. The largest absolute Gasteiger partial charge is 0.457 e. The second-order valence-electron chi connectivity index (χ2n) is 6.35. The maximum atomic E-state index is 11.3. The van der Waals surface area contributed by atoms with Crippen molar-refractivity contribution in [3.63, 3.8) is 0 Å². The first-order chi connectivity index (χ1) is 8.45. The molecular formula is C13H27NO4Si. The average molecular weight is 289 g/mol. The van der Waals surface area contributed by atoms with E-state index in [4.69, 9.17) is 14.4 Å². The minimum Gasteiger partial charge on any atom is -0.457 e. The Bertz CT molecular complexity index is 321. The molecule has 5 nitrogen and oxygen atoms in total. The van der Waals surface area contributed by atoms with Crippen molar-refractivity contribution in [3.05, 3.63) is 0 Å². The second kappa shape index (κ2) is 7.05. The number of esters is 1. The molecule has 1 N–H and O–H groups in total. The van der Waals surface area contributed by atoms with Gasteiger partial charge in [-0.3, -0.25) is 4.79 Å². The van der Waals surface area contributed by atoms with Gasteiger partial charge in [0.25, 0.3) is 8.32 Å². The maximum absolute atomic E-state index is 11.3. The molecule has 0 aromatic carbocycles. The van der Waals surface area contributed by atoms with Gasteiger partial charge in [0, 0.05) is 0 Å². The molecule has 0 aromatic rings. The Morgan fingerprint density at radius 1 is 1.37 bits per heavy atom. The summed E-state index contributed by atoms with van der Waals surface area (Å²) in [5, 5.41) is 13.1. The van der Waals surface area contributed by atoms with Gasteiger partial charge in [-0.25, -0.2) is 0 Å². The van der Waals surface area contributed by atoms with Gasteiger partial charge in [0.2, 0.25) is 0 Å². The number of rotatable bonds is 6. The standard InChI is InChI=1S/C13H27NO4Si/c1-10(15)8-12(16)17-11(2)9-14-18-19(6,7)13(3,4)5/h9-11,15H,8H2,1-7H3/b14-9+/t10-,11-/m0/s1. The molecule has 0 bridgehead atoms. The third-order valence-electron chi connectivity index (χ3n) is 3.14. The first-order valence-electron chi connectivity index (χ1n) is 6.55. The van der Waals surface area contributed by atoms with Gasteiger partial charge in [0.05, 0.1) is 18.7 Å². The van der Waals surface area contributed by atoms with Crippen LogP contribution in [0.4, 0.5) is 0 Å². The Morgan fingerprint density at radius 3 is 2.32 bits per heavy atom. The normalized spacial score (nSPS) is 16.2. The molecule has 0 fully saturated rings. The molecule has 0 amide bonds. The Morgan fingerprint density at radius 2 is 1.89 bits per heavy atom. The summed E-state index contributed by atoms with van der Waals surface area (Å²) in [4.78, 5) is 11.3. The minimum atomic E-state index is -1.92. The fourth-order valence-electron chi connectivity index (χ4n) is 0.912. The van der Waals surface area contributed by atoms with Crippen LogP contribution < -0.4 is 0 Å². The number of aliphatic hydroxyl groups is 1. The van der Waals surface area contributed by atoms with E-state index in [0.717, 1.165) is 0 Å². The minimum absolute atomic E-state index is 0.0126. The summed E-state index contributed by atoms with van der Waals surface area (Å²) in [6.07, 6.45) is 0.304. The van der Waals surface area contributed by atoms with Crippen molar-refractivity contribution in [2.24, 2.45) is 5.16 Å². The zero-order chi connectivity index (χ0) is 15.3. The van der Waals surface area contributed by atoms with Crippen LogP contribution in [0.15, 0.2) is 5.16 Å². The number of hydrogen-bond donors (Lipinski definition) is 1.